The highest BCUT2D eigenvalue weighted by Crippen LogP contribution is 2.31. The second-order valence-electron chi connectivity index (χ2n) is 5.45. The van der Waals surface area contributed by atoms with Gasteiger partial charge >= 0.3 is 0 Å². The van der Waals surface area contributed by atoms with Gasteiger partial charge in [-0.2, -0.15) is 5.10 Å². The molecule has 0 atom stereocenters. The Morgan fingerprint density at radius 2 is 1.91 bits per heavy atom. The molecule has 0 saturated carbocycles. The number of rotatable bonds is 3. The van der Waals surface area contributed by atoms with Crippen molar-refractivity contribution in [2.75, 3.05) is 0 Å². The highest BCUT2D eigenvalue weighted by atomic mass is 79.9. The Balaban J connectivity index is 2.57. The summed E-state index contributed by atoms with van der Waals surface area (Å²) in [6.45, 7) is 9.74. The number of carbonyl (C=O) groups is 1. The molecule has 0 radical (unpaired) electrons. The Kier molecular flexibility index (Phi) is 4.86. The van der Waals surface area contributed by atoms with Gasteiger partial charge in [0.1, 0.15) is 0 Å². The fourth-order valence-electron chi connectivity index (χ4n) is 2.48. The summed E-state index contributed by atoms with van der Waals surface area (Å²) in [4.78, 5) is 10.9. The Bertz CT molecular complexity index is 760. The molecule has 0 unspecified atom stereocenters. The lowest BCUT2D eigenvalue weighted by atomic mass is 10.1. The van der Waals surface area contributed by atoms with Crippen LogP contribution in [0, 0.1) is 27.7 Å². The van der Waals surface area contributed by atoms with Crippen molar-refractivity contribution < 1.29 is 4.79 Å². The zero-order valence-corrected chi connectivity index (χ0v) is 15.1. The number of hydrazone groups is 1. The van der Waals surface area contributed by atoms with E-state index in [1.807, 2.05) is 0 Å². The molecular formula is C17H20BrN3O. The quantitative estimate of drug-likeness (QED) is 0.652. The minimum absolute atomic E-state index is 0.185. The van der Waals surface area contributed by atoms with Crippen molar-refractivity contribution in [1.29, 1.82) is 0 Å². The highest BCUT2D eigenvalue weighted by molar-refractivity contribution is 9.10. The molecule has 0 saturated heterocycles. The largest absolute Gasteiger partial charge is 0.316 e. The highest BCUT2D eigenvalue weighted by Gasteiger charge is 2.16. The second-order valence-corrected chi connectivity index (χ2v) is 6.24. The van der Waals surface area contributed by atoms with Crippen LogP contribution in [0.4, 0.5) is 0 Å². The van der Waals surface area contributed by atoms with Crippen LogP contribution in [0.2, 0.25) is 0 Å². The zero-order chi connectivity index (χ0) is 16.4. The summed E-state index contributed by atoms with van der Waals surface area (Å²) in [5, 5.41) is 3.98. The van der Waals surface area contributed by atoms with Gasteiger partial charge < -0.3 is 4.57 Å². The minimum Gasteiger partial charge on any atom is -0.316 e. The summed E-state index contributed by atoms with van der Waals surface area (Å²) in [7, 11) is 0. The summed E-state index contributed by atoms with van der Waals surface area (Å²) in [5.74, 6) is -0.185. The third kappa shape index (κ3) is 3.14. The fourth-order valence-corrected chi connectivity index (χ4v) is 3.05. The van der Waals surface area contributed by atoms with Gasteiger partial charge in [0.2, 0.25) is 5.91 Å². The van der Waals surface area contributed by atoms with Crippen LogP contribution >= 0.6 is 15.9 Å². The molecule has 1 aromatic heterocycles. The van der Waals surface area contributed by atoms with Crippen LogP contribution in [0.25, 0.3) is 5.69 Å². The molecule has 0 aliphatic rings. The summed E-state index contributed by atoms with van der Waals surface area (Å²) >= 11 is 3.63. The van der Waals surface area contributed by atoms with Gasteiger partial charge in [0.05, 0.1) is 6.21 Å². The maximum atomic E-state index is 10.9. The number of nitrogens with zero attached hydrogens (tertiary/aromatic N) is 2. The number of aromatic nitrogens is 1. The predicted octanol–water partition coefficient (Wildman–Crippen LogP) is 3.94. The van der Waals surface area contributed by atoms with Crippen LogP contribution in [0.5, 0.6) is 0 Å². The van der Waals surface area contributed by atoms with Gasteiger partial charge in [0.15, 0.2) is 0 Å². The third-order valence-corrected chi connectivity index (χ3v) is 4.64. The van der Waals surface area contributed by atoms with E-state index >= 15 is 0 Å². The molecule has 5 heteroatoms. The van der Waals surface area contributed by atoms with Crippen molar-refractivity contribution in [3.8, 4) is 5.69 Å². The van der Waals surface area contributed by atoms with Crippen LogP contribution in [-0.2, 0) is 4.79 Å². The first kappa shape index (κ1) is 16.5. The molecule has 4 nitrogen and oxygen atoms in total. The van der Waals surface area contributed by atoms with E-state index in [0.717, 1.165) is 27.1 Å². The molecule has 0 aliphatic heterocycles. The van der Waals surface area contributed by atoms with E-state index in [9.17, 15) is 4.79 Å². The minimum atomic E-state index is -0.185. The molecule has 0 spiro atoms. The van der Waals surface area contributed by atoms with E-state index in [2.05, 4.69) is 76.9 Å². The van der Waals surface area contributed by atoms with Crippen molar-refractivity contribution in [1.82, 2.24) is 9.99 Å². The summed E-state index contributed by atoms with van der Waals surface area (Å²) in [6.07, 6.45) is 1.68. The third-order valence-electron chi connectivity index (χ3n) is 3.64. The topological polar surface area (TPSA) is 46.4 Å². The normalized spacial score (nSPS) is 11.2. The number of aryl methyl sites for hydroxylation is 2. The number of carbonyl (C=O) groups excluding carboxylic acids is 1. The van der Waals surface area contributed by atoms with Gasteiger partial charge in [-0.15, -0.1) is 0 Å². The molecule has 1 amide bonds. The Morgan fingerprint density at radius 3 is 2.55 bits per heavy atom. The van der Waals surface area contributed by atoms with Crippen molar-refractivity contribution in [3.05, 3.63) is 50.8 Å². The number of benzene rings is 1. The van der Waals surface area contributed by atoms with Crippen molar-refractivity contribution in [3.63, 3.8) is 0 Å². The van der Waals surface area contributed by atoms with Gasteiger partial charge in [0, 0.05) is 34.0 Å². The van der Waals surface area contributed by atoms with Crippen LogP contribution in [-0.4, -0.2) is 16.7 Å². The molecule has 2 aromatic rings. The molecular weight excluding hydrogens is 342 g/mol. The van der Waals surface area contributed by atoms with E-state index < -0.39 is 0 Å². The molecule has 116 valence electrons. The van der Waals surface area contributed by atoms with Crippen molar-refractivity contribution >= 4 is 28.1 Å². The number of halogens is 1. The lowest BCUT2D eigenvalue weighted by Gasteiger charge is -2.13. The predicted molar refractivity (Wildman–Crippen MR) is 93.8 cm³/mol. The Labute approximate surface area is 139 Å². The maximum Gasteiger partial charge on any atom is 0.236 e. The first-order chi connectivity index (χ1) is 10.3. The molecule has 1 aromatic carbocycles. The average Bonchev–Trinajstić information content (AvgIpc) is 2.65. The smallest absolute Gasteiger partial charge is 0.236 e. The summed E-state index contributed by atoms with van der Waals surface area (Å²) in [6, 6.07) is 6.42. The average molecular weight is 362 g/mol. The molecule has 0 fully saturated rings. The van der Waals surface area contributed by atoms with Crippen LogP contribution in [0.15, 0.2) is 27.8 Å². The van der Waals surface area contributed by atoms with Gasteiger partial charge in [0.25, 0.3) is 0 Å². The van der Waals surface area contributed by atoms with Crippen molar-refractivity contribution in [2.45, 2.75) is 34.6 Å². The number of nitrogens with one attached hydrogen (secondary N) is 1. The van der Waals surface area contributed by atoms with E-state index in [0.29, 0.717) is 0 Å². The number of hydrogen-bond donors (Lipinski definition) is 1. The molecule has 2 rings (SSSR count). The standard InChI is InChI=1S/C17H20BrN3O/c1-10-6-7-11(2)16(8-10)21-12(3)15(17(18)13(21)4)9-19-20-14(5)22/h6-9H,1-5H3,(H,20,22)/b19-9-. The molecule has 22 heavy (non-hydrogen) atoms. The van der Waals surface area contributed by atoms with Crippen LogP contribution in [0.3, 0.4) is 0 Å². The van der Waals surface area contributed by atoms with Gasteiger partial charge in [-0.05, 0) is 60.8 Å². The Hall–Kier alpha value is -1.88. The number of amides is 1. The van der Waals surface area contributed by atoms with Gasteiger partial charge in [-0.1, -0.05) is 12.1 Å². The summed E-state index contributed by atoms with van der Waals surface area (Å²) in [5.41, 5.74) is 9.18. The molecule has 1 N–H and O–H groups in total. The van der Waals surface area contributed by atoms with Crippen LogP contribution in [0.1, 0.15) is 35.0 Å². The SMILES string of the molecule is CC(=O)N/N=C\c1c(Br)c(C)n(-c2cc(C)ccc2C)c1C. The second kappa shape index (κ2) is 6.48. The van der Waals surface area contributed by atoms with E-state index in [1.165, 1.54) is 18.1 Å². The fraction of sp³-hybridized carbons (Fsp3) is 0.294. The van der Waals surface area contributed by atoms with Gasteiger partial charge in [-0.25, -0.2) is 5.43 Å². The van der Waals surface area contributed by atoms with E-state index in [-0.39, 0.29) is 5.91 Å². The molecule has 0 bridgehead atoms. The lowest BCUT2D eigenvalue weighted by molar-refractivity contribution is -0.118. The van der Waals surface area contributed by atoms with Gasteiger partial charge in [-0.3, -0.25) is 4.79 Å². The lowest BCUT2D eigenvalue weighted by Crippen LogP contribution is -2.12. The van der Waals surface area contributed by atoms with E-state index in [1.54, 1.807) is 6.21 Å². The maximum absolute atomic E-state index is 10.9. The van der Waals surface area contributed by atoms with E-state index in [4.69, 9.17) is 0 Å². The molecule has 1 heterocycles. The Morgan fingerprint density at radius 1 is 1.23 bits per heavy atom. The molecule has 0 aliphatic carbocycles. The van der Waals surface area contributed by atoms with Crippen LogP contribution < -0.4 is 5.43 Å². The first-order valence-corrected chi connectivity index (χ1v) is 7.87. The first-order valence-electron chi connectivity index (χ1n) is 7.07. The zero-order valence-electron chi connectivity index (χ0n) is 13.5. The van der Waals surface area contributed by atoms with Crippen molar-refractivity contribution in [2.24, 2.45) is 5.10 Å². The summed E-state index contributed by atoms with van der Waals surface area (Å²) < 4.78 is 3.20. The monoisotopic (exact) mass is 361 g/mol. The number of hydrogen-bond acceptors (Lipinski definition) is 2.